The zero-order valence-electron chi connectivity index (χ0n) is 17.0. The molecule has 4 aromatic rings. The topological polar surface area (TPSA) is 57.4 Å². The van der Waals surface area contributed by atoms with Crippen molar-refractivity contribution in [1.29, 1.82) is 0 Å². The minimum atomic E-state index is -0.178. The second-order valence-electron chi connectivity index (χ2n) is 7.81. The molecule has 5 nitrogen and oxygen atoms in total. The molecule has 0 spiro atoms. The molecule has 1 amide bonds. The van der Waals surface area contributed by atoms with Gasteiger partial charge < -0.3 is 9.72 Å². The molecule has 3 aromatic carbocycles. The fraction of sp³-hybridized carbons (Fsp3) is 0.160. The zero-order valence-corrected chi connectivity index (χ0v) is 17.0. The molecule has 1 aliphatic heterocycles. The quantitative estimate of drug-likeness (QED) is 0.514. The summed E-state index contributed by atoms with van der Waals surface area (Å²) in [4.78, 5) is 16.6. The molecule has 2 N–H and O–H groups in total. The highest BCUT2D eigenvalue weighted by Crippen LogP contribution is 2.33. The average molecular weight is 397 g/mol. The number of hydrazine groups is 1. The van der Waals surface area contributed by atoms with E-state index in [0.29, 0.717) is 19.0 Å². The second-order valence-corrected chi connectivity index (χ2v) is 7.81. The molecule has 0 bridgehead atoms. The lowest BCUT2D eigenvalue weighted by molar-refractivity contribution is 0.0389. The van der Waals surface area contributed by atoms with Crippen LogP contribution in [0.3, 0.4) is 0 Å². The predicted molar refractivity (Wildman–Crippen MR) is 118 cm³/mol. The van der Waals surface area contributed by atoms with E-state index in [1.165, 1.54) is 5.56 Å². The number of ether oxygens (including phenoxy) is 1. The van der Waals surface area contributed by atoms with Crippen molar-refractivity contribution in [3.63, 3.8) is 0 Å². The SMILES string of the molecule is Cc1ccc2c(c1)CN(NC(=O)c1[nH]c3ccc(C)cc3c1-c1ccccc1)CO2. The van der Waals surface area contributed by atoms with Crippen LogP contribution in [0.4, 0.5) is 0 Å². The number of amides is 1. The van der Waals surface area contributed by atoms with Gasteiger partial charge in [-0.25, -0.2) is 0 Å². The molecule has 30 heavy (non-hydrogen) atoms. The molecule has 5 heteroatoms. The Balaban J connectivity index is 1.49. The Labute approximate surface area is 175 Å². The van der Waals surface area contributed by atoms with Crippen LogP contribution < -0.4 is 10.2 Å². The van der Waals surface area contributed by atoms with E-state index in [2.05, 4.69) is 36.4 Å². The van der Waals surface area contributed by atoms with Gasteiger partial charge in [-0.2, -0.15) is 5.01 Å². The predicted octanol–water partition coefficient (Wildman–Crippen LogP) is 4.95. The monoisotopic (exact) mass is 397 g/mol. The van der Waals surface area contributed by atoms with Crippen molar-refractivity contribution < 1.29 is 9.53 Å². The van der Waals surface area contributed by atoms with Crippen molar-refractivity contribution in [2.24, 2.45) is 0 Å². The van der Waals surface area contributed by atoms with Gasteiger partial charge in [-0.1, -0.05) is 59.7 Å². The van der Waals surface area contributed by atoms with E-state index in [1.807, 2.05) is 54.6 Å². The number of fused-ring (bicyclic) bond motifs is 2. The smallest absolute Gasteiger partial charge is 0.282 e. The largest absolute Gasteiger partial charge is 0.476 e. The van der Waals surface area contributed by atoms with Crippen molar-refractivity contribution in [1.82, 2.24) is 15.4 Å². The third-order valence-corrected chi connectivity index (χ3v) is 5.46. The number of nitrogens with one attached hydrogen (secondary N) is 2. The van der Waals surface area contributed by atoms with Crippen LogP contribution in [0.5, 0.6) is 5.75 Å². The molecule has 0 saturated heterocycles. The number of hydrogen-bond acceptors (Lipinski definition) is 3. The molecular weight excluding hydrogens is 374 g/mol. The number of carbonyl (C=O) groups is 1. The summed E-state index contributed by atoms with van der Waals surface area (Å²) < 4.78 is 5.82. The first-order valence-corrected chi connectivity index (χ1v) is 10.0. The van der Waals surface area contributed by atoms with E-state index in [4.69, 9.17) is 4.74 Å². The molecule has 0 fully saturated rings. The number of aromatic nitrogens is 1. The summed E-state index contributed by atoms with van der Waals surface area (Å²) in [6.07, 6.45) is 0. The highest BCUT2D eigenvalue weighted by molar-refractivity contribution is 6.09. The maximum atomic E-state index is 13.3. The lowest BCUT2D eigenvalue weighted by atomic mass is 10.0. The third-order valence-electron chi connectivity index (χ3n) is 5.46. The summed E-state index contributed by atoms with van der Waals surface area (Å²) in [5, 5.41) is 2.84. The third kappa shape index (κ3) is 3.33. The Kier molecular flexibility index (Phi) is 4.52. The van der Waals surface area contributed by atoms with E-state index in [9.17, 15) is 4.79 Å². The molecule has 0 radical (unpaired) electrons. The summed E-state index contributed by atoms with van der Waals surface area (Å²) in [5.74, 6) is 0.694. The number of aromatic amines is 1. The summed E-state index contributed by atoms with van der Waals surface area (Å²) in [7, 11) is 0. The van der Waals surface area contributed by atoms with Gasteiger partial charge in [0.05, 0.1) is 6.54 Å². The molecule has 1 aliphatic rings. The molecule has 0 unspecified atom stereocenters. The molecule has 0 aliphatic carbocycles. The van der Waals surface area contributed by atoms with Crippen molar-refractivity contribution in [2.75, 3.05) is 6.73 Å². The van der Waals surface area contributed by atoms with E-state index in [0.717, 1.165) is 38.9 Å². The van der Waals surface area contributed by atoms with Crippen LogP contribution in [0.2, 0.25) is 0 Å². The average Bonchev–Trinajstić information content (AvgIpc) is 3.13. The molecule has 0 atom stereocenters. The first-order valence-electron chi connectivity index (χ1n) is 10.0. The lowest BCUT2D eigenvalue weighted by Gasteiger charge is -2.29. The van der Waals surface area contributed by atoms with Crippen LogP contribution >= 0.6 is 0 Å². The highest BCUT2D eigenvalue weighted by Gasteiger charge is 2.23. The van der Waals surface area contributed by atoms with Crippen LogP contribution in [-0.4, -0.2) is 22.6 Å². The number of rotatable bonds is 3. The Morgan fingerprint density at radius 1 is 1.00 bits per heavy atom. The van der Waals surface area contributed by atoms with E-state index in [-0.39, 0.29) is 5.91 Å². The summed E-state index contributed by atoms with van der Waals surface area (Å²) >= 11 is 0. The van der Waals surface area contributed by atoms with Gasteiger partial charge in [0.15, 0.2) is 6.73 Å². The maximum absolute atomic E-state index is 13.3. The second kappa shape index (κ2) is 7.35. The summed E-state index contributed by atoms with van der Waals surface area (Å²) in [6.45, 7) is 5.02. The normalized spacial score (nSPS) is 13.7. The molecular formula is C25H23N3O2. The Morgan fingerprint density at radius 2 is 1.77 bits per heavy atom. The van der Waals surface area contributed by atoms with Gasteiger partial charge in [0.1, 0.15) is 11.4 Å². The number of benzene rings is 3. The summed E-state index contributed by atoms with van der Waals surface area (Å²) in [5.41, 5.74) is 9.83. The number of aryl methyl sites for hydroxylation is 2. The Morgan fingerprint density at radius 3 is 2.60 bits per heavy atom. The lowest BCUT2D eigenvalue weighted by Crippen LogP contribution is -2.46. The van der Waals surface area contributed by atoms with Gasteiger partial charge in [0.25, 0.3) is 5.91 Å². The van der Waals surface area contributed by atoms with Crippen molar-refractivity contribution in [3.05, 3.63) is 89.1 Å². The van der Waals surface area contributed by atoms with Crippen LogP contribution in [0.1, 0.15) is 27.2 Å². The fourth-order valence-electron chi connectivity index (χ4n) is 4.02. The van der Waals surface area contributed by atoms with Crippen molar-refractivity contribution in [3.8, 4) is 16.9 Å². The minimum absolute atomic E-state index is 0.178. The molecule has 150 valence electrons. The summed E-state index contributed by atoms with van der Waals surface area (Å²) in [6, 6.07) is 22.3. The molecule has 5 rings (SSSR count). The highest BCUT2D eigenvalue weighted by atomic mass is 16.5. The maximum Gasteiger partial charge on any atom is 0.282 e. The number of nitrogens with zero attached hydrogens (tertiary/aromatic N) is 1. The van der Waals surface area contributed by atoms with Crippen LogP contribution in [0.15, 0.2) is 66.7 Å². The minimum Gasteiger partial charge on any atom is -0.476 e. The number of H-pyrrole nitrogens is 1. The first-order chi connectivity index (χ1) is 14.6. The molecule has 2 heterocycles. The fourth-order valence-corrected chi connectivity index (χ4v) is 4.02. The Bertz CT molecular complexity index is 1240. The molecule has 1 aromatic heterocycles. The van der Waals surface area contributed by atoms with Crippen molar-refractivity contribution in [2.45, 2.75) is 20.4 Å². The van der Waals surface area contributed by atoms with Crippen molar-refractivity contribution >= 4 is 16.8 Å². The van der Waals surface area contributed by atoms with Gasteiger partial charge >= 0.3 is 0 Å². The van der Waals surface area contributed by atoms with Crippen LogP contribution in [-0.2, 0) is 6.54 Å². The standard InChI is InChI=1S/C25H23N3O2/c1-16-9-11-22-19(12-16)14-28(15-30-22)27-25(29)24-23(18-6-4-3-5-7-18)20-13-17(2)8-10-21(20)26-24/h3-13,26H,14-15H2,1-2H3,(H,27,29). The van der Waals surface area contributed by atoms with E-state index >= 15 is 0 Å². The molecule has 0 saturated carbocycles. The Hall–Kier alpha value is -3.57. The number of carbonyl (C=O) groups excluding carboxylic acids is 1. The van der Waals surface area contributed by atoms with Gasteiger partial charge in [0, 0.05) is 22.0 Å². The van der Waals surface area contributed by atoms with Crippen LogP contribution in [0, 0.1) is 13.8 Å². The van der Waals surface area contributed by atoms with E-state index in [1.54, 1.807) is 5.01 Å². The van der Waals surface area contributed by atoms with Crippen LogP contribution in [0.25, 0.3) is 22.0 Å². The van der Waals surface area contributed by atoms with Gasteiger partial charge in [-0.05, 0) is 37.6 Å². The van der Waals surface area contributed by atoms with Gasteiger partial charge in [0.2, 0.25) is 0 Å². The number of hydrogen-bond donors (Lipinski definition) is 2. The van der Waals surface area contributed by atoms with Gasteiger partial charge in [-0.15, -0.1) is 0 Å². The zero-order chi connectivity index (χ0) is 20.7. The first kappa shape index (κ1) is 18.5. The van der Waals surface area contributed by atoms with E-state index < -0.39 is 0 Å². The van der Waals surface area contributed by atoms with Gasteiger partial charge in [-0.3, -0.25) is 10.2 Å².